The molecule has 1 aliphatic carbocycles. The van der Waals surface area contributed by atoms with E-state index >= 15 is 0 Å². The number of hydrogen-bond donors (Lipinski definition) is 2. The molecule has 1 saturated carbocycles. The first kappa shape index (κ1) is 14.0. The topological polar surface area (TPSA) is 41.5 Å². The minimum Gasteiger partial charge on any atom is -0.392 e. The maximum Gasteiger partial charge on any atom is 0.129 e. The summed E-state index contributed by atoms with van der Waals surface area (Å²) in [4.78, 5) is 0. The smallest absolute Gasteiger partial charge is 0.129 e. The summed E-state index contributed by atoms with van der Waals surface area (Å²) in [6.45, 7) is 2.19. The third-order valence-electron chi connectivity index (χ3n) is 5.00. The normalized spacial score (nSPS) is 24.6. The number of aliphatic hydroxyl groups excluding tert-OH is 1. The molecule has 3 nitrogen and oxygen atoms in total. The van der Waals surface area contributed by atoms with E-state index in [1.807, 2.05) is 6.07 Å². The second-order valence-electron chi connectivity index (χ2n) is 6.03. The highest BCUT2D eigenvalue weighted by atomic mass is 19.1. The van der Waals surface area contributed by atoms with E-state index in [1.165, 1.54) is 18.9 Å². The highest BCUT2D eigenvalue weighted by Crippen LogP contribution is 2.48. The van der Waals surface area contributed by atoms with Crippen molar-refractivity contribution in [3.05, 3.63) is 35.1 Å². The molecule has 0 radical (unpaired) electrons. The molecular weight excluding hydrogens is 257 g/mol. The molecule has 1 spiro atoms. The first-order valence-corrected chi connectivity index (χ1v) is 7.43. The van der Waals surface area contributed by atoms with Crippen LogP contribution in [0.25, 0.3) is 0 Å². The second kappa shape index (κ2) is 5.80. The van der Waals surface area contributed by atoms with E-state index in [1.54, 1.807) is 6.07 Å². The summed E-state index contributed by atoms with van der Waals surface area (Å²) in [6.07, 6.45) is 4.77. The zero-order chi connectivity index (χ0) is 14.0. The van der Waals surface area contributed by atoms with Gasteiger partial charge in [-0.2, -0.15) is 0 Å². The van der Waals surface area contributed by atoms with E-state index in [0.717, 1.165) is 31.6 Å². The van der Waals surface area contributed by atoms with Gasteiger partial charge in [-0.25, -0.2) is 4.39 Å². The molecule has 0 aromatic heterocycles. The molecular formula is C16H22FNO2. The van der Waals surface area contributed by atoms with Gasteiger partial charge in [0.1, 0.15) is 5.82 Å². The fraction of sp³-hybridized carbons (Fsp3) is 0.625. The van der Waals surface area contributed by atoms with E-state index < -0.39 is 0 Å². The molecule has 110 valence electrons. The summed E-state index contributed by atoms with van der Waals surface area (Å²) in [5.41, 5.74) is 1.72. The molecule has 1 aliphatic heterocycles. The number of ether oxygens (including phenoxy) is 1. The Morgan fingerprint density at radius 3 is 2.70 bits per heavy atom. The van der Waals surface area contributed by atoms with E-state index in [2.05, 4.69) is 5.32 Å². The quantitative estimate of drug-likeness (QED) is 0.889. The molecule has 1 atom stereocenters. The Bertz CT molecular complexity index is 472. The summed E-state index contributed by atoms with van der Waals surface area (Å²) in [5.74, 6) is -0.318. The second-order valence-corrected chi connectivity index (χ2v) is 6.03. The van der Waals surface area contributed by atoms with Crippen molar-refractivity contribution in [2.75, 3.05) is 13.2 Å². The molecule has 1 aromatic rings. The number of benzene rings is 1. The van der Waals surface area contributed by atoms with Crippen LogP contribution >= 0.6 is 0 Å². The van der Waals surface area contributed by atoms with Gasteiger partial charge < -0.3 is 15.2 Å². The van der Waals surface area contributed by atoms with Gasteiger partial charge in [0.05, 0.1) is 6.61 Å². The van der Waals surface area contributed by atoms with Crippen LogP contribution in [0.2, 0.25) is 0 Å². The lowest BCUT2D eigenvalue weighted by Crippen LogP contribution is -2.55. The Morgan fingerprint density at radius 1 is 1.30 bits per heavy atom. The molecule has 1 unspecified atom stereocenters. The van der Waals surface area contributed by atoms with Crippen molar-refractivity contribution in [1.29, 1.82) is 0 Å². The summed E-state index contributed by atoms with van der Waals surface area (Å²) in [6, 6.07) is 5.61. The van der Waals surface area contributed by atoms with Crippen LogP contribution in [-0.4, -0.2) is 24.4 Å². The minimum absolute atomic E-state index is 0.245. The molecule has 2 fully saturated rings. The summed E-state index contributed by atoms with van der Waals surface area (Å²) < 4.78 is 19.1. The number of halogens is 1. The predicted octanol–water partition coefficient (Wildman–Crippen LogP) is 2.37. The number of rotatable bonds is 4. The zero-order valence-electron chi connectivity index (χ0n) is 11.7. The number of nitrogens with one attached hydrogen (secondary N) is 1. The van der Waals surface area contributed by atoms with Gasteiger partial charge in [0, 0.05) is 31.4 Å². The van der Waals surface area contributed by atoms with Crippen molar-refractivity contribution in [1.82, 2.24) is 5.32 Å². The highest BCUT2D eigenvalue weighted by molar-refractivity contribution is 5.24. The Hall–Kier alpha value is -0.970. The predicted molar refractivity (Wildman–Crippen MR) is 74.7 cm³/mol. The molecule has 4 heteroatoms. The van der Waals surface area contributed by atoms with Crippen LogP contribution in [0.5, 0.6) is 0 Å². The molecule has 2 N–H and O–H groups in total. The first-order chi connectivity index (χ1) is 9.73. The van der Waals surface area contributed by atoms with Gasteiger partial charge in [-0.15, -0.1) is 0 Å². The monoisotopic (exact) mass is 279 g/mol. The first-order valence-electron chi connectivity index (χ1n) is 7.43. The van der Waals surface area contributed by atoms with E-state index in [0.29, 0.717) is 23.6 Å². The summed E-state index contributed by atoms with van der Waals surface area (Å²) in [7, 11) is 0. The van der Waals surface area contributed by atoms with Crippen LogP contribution in [0.15, 0.2) is 18.2 Å². The maximum atomic E-state index is 13.6. The molecule has 3 rings (SSSR count). The lowest BCUT2D eigenvalue weighted by Gasteiger charge is -2.52. The van der Waals surface area contributed by atoms with Crippen molar-refractivity contribution in [3.8, 4) is 0 Å². The van der Waals surface area contributed by atoms with Crippen LogP contribution in [0.3, 0.4) is 0 Å². The number of hydrogen-bond acceptors (Lipinski definition) is 3. The molecule has 0 bridgehead atoms. The Balaban J connectivity index is 1.58. The van der Waals surface area contributed by atoms with Gasteiger partial charge in [-0.3, -0.25) is 0 Å². The average Bonchev–Trinajstić information content (AvgIpc) is 2.47. The zero-order valence-corrected chi connectivity index (χ0v) is 11.7. The van der Waals surface area contributed by atoms with Crippen LogP contribution in [0.4, 0.5) is 4.39 Å². The van der Waals surface area contributed by atoms with E-state index in [9.17, 15) is 4.39 Å². The molecule has 1 saturated heterocycles. The fourth-order valence-electron chi connectivity index (χ4n) is 3.46. The van der Waals surface area contributed by atoms with Gasteiger partial charge >= 0.3 is 0 Å². The fourth-order valence-corrected chi connectivity index (χ4v) is 3.46. The van der Waals surface area contributed by atoms with Crippen LogP contribution < -0.4 is 5.32 Å². The van der Waals surface area contributed by atoms with Gasteiger partial charge in [0.25, 0.3) is 0 Å². The van der Waals surface area contributed by atoms with Crippen LogP contribution in [0.1, 0.15) is 36.8 Å². The van der Waals surface area contributed by atoms with Crippen molar-refractivity contribution in [3.63, 3.8) is 0 Å². The summed E-state index contributed by atoms with van der Waals surface area (Å²) in [5, 5.41) is 12.5. The maximum absolute atomic E-state index is 13.6. The van der Waals surface area contributed by atoms with Gasteiger partial charge in [0.15, 0.2) is 0 Å². The van der Waals surface area contributed by atoms with E-state index in [4.69, 9.17) is 9.84 Å². The van der Waals surface area contributed by atoms with Crippen molar-refractivity contribution in [2.24, 2.45) is 5.41 Å². The van der Waals surface area contributed by atoms with Gasteiger partial charge in [-0.1, -0.05) is 12.1 Å². The van der Waals surface area contributed by atoms with Gasteiger partial charge in [-0.05, 0) is 42.7 Å². The van der Waals surface area contributed by atoms with Crippen LogP contribution in [0, 0.1) is 11.2 Å². The Kier molecular flexibility index (Phi) is 4.06. The van der Waals surface area contributed by atoms with Crippen molar-refractivity contribution >= 4 is 0 Å². The van der Waals surface area contributed by atoms with Crippen molar-refractivity contribution in [2.45, 2.75) is 44.9 Å². The number of aliphatic hydroxyl groups is 1. The third-order valence-corrected chi connectivity index (χ3v) is 5.00. The van der Waals surface area contributed by atoms with Crippen LogP contribution in [-0.2, 0) is 17.9 Å². The lowest BCUT2D eigenvalue weighted by molar-refractivity contribution is -0.0552. The Labute approximate surface area is 119 Å². The molecule has 1 aromatic carbocycles. The lowest BCUT2D eigenvalue weighted by atomic mass is 9.60. The molecule has 20 heavy (non-hydrogen) atoms. The molecule has 2 aliphatic rings. The average molecular weight is 279 g/mol. The largest absolute Gasteiger partial charge is 0.392 e. The standard InChI is InChI=1S/C16H22FNO2/c17-14-9-12(1-2-13(14)11-19)10-18-15-3-4-16(15)5-7-20-8-6-16/h1-2,9,15,18-19H,3-8,10-11H2. The van der Waals surface area contributed by atoms with Crippen molar-refractivity contribution < 1.29 is 14.2 Å². The van der Waals surface area contributed by atoms with E-state index in [-0.39, 0.29) is 12.4 Å². The molecule has 1 heterocycles. The van der Waals surface area contributed by atoms with Gasteiger partial charge in [0.2, 0.25) is 0 Å². The Morgan fingerprint density at radius 2 is 2.10 bits per heavy atom. The summed E-state index contributed by atoms with van der Waals surface area (Å²) >= 11 is 0. The highest BCUT2D eigenvalue weighted by Gasteiger charge is 2.46. The minimum atomic E-state index is -0.318. The third kappa shape index (κ3) is 2.60. The SMILES string of the molecule is OCc1ccc(CNC2CCC23CCOCC3)cc1F. The molecule has 0 amide bonds.